The Balaban J connectivity index is 0.000000921. The summed E-state index contributed by atoms with van der Waals surface area (Å²) in [7, 11) is 0. The maximum absolute atomic E-state index is 3.22. The Bertz CT molecular complexity index is 342. The van der Waals surface area contributed by atoms with Crippen molar-refractivity contribution in [1.29, 1.82) is 0 Å². The van der Waals surface area contributed by atoms with Crippen LogP contribution in [0.1, 0.15) is 45.7 Å². The van der Waals surface area contributed by atoms with E-state index in [0.717, 1.165) is 5.56 Å². The van der Waals surface area contributed by atoms with E-state index in [1.165, 1.54) is 5.56 Å². The molecule has 0 aliphatic carbocycles. The Labute approximate surface area is 94.7 Å². The zero-order valence-electron chi connectivity index (χ0n) is 10.8. The zero-order valence-corrected chi connectivity index (χ0v) is 10.8. The Morgan fingerprint density at radius 1 is 1.07 bits per heavy atom. The lowest BCUT2D eigenvalue weighted by Crippen LogP contribution is -1.99. The molecule has 0 radical (unpaired) electrons. The van der Waals surface area contributed by atoms with Crippen LogP contribution in [0.15, 0.2) is 24.3 Å². The Morgan fingerprint density at radius 3 is 2.13 bits per heavy atom. The second-order valence-corrected chi connectivity index (χ2v) is 4.37. The Hall–Kier alpha value is -1.22. The summed E-state index contributed by atoms with van der Waals surface area (Å²) in [6.45, 7) is 12.4. The molecule has 0 atom stereocenters. The van der Waals surface area contributed by atoms with Gasteiger partial charge in [0.15, 0.2) is 0 Å². The van der Waals surface area contributed by atoms with Crippen LogP contribution in [0.3, 0.4) is 0 Å². The molecule has 0 aromatic heterocycles. The van der Waals surface area contributed by atoms with Crippen molar-refractivity contribution in [3.8, 4) is 11.8 Å². The van der Waals surface area contributed by atoms with Crippen molar-refractivity contribution in [2.75, 3.05) is 0 Å². The third kappa shape index (κ3) is 6.80. The average Bonchev–Trinajstić information content (AvgIpc) is 2.17. The van der Waals surface area contributed by atoms with E-state index in [2.05, 4.69) is 51.7 Å². The van der Waals surface area contributed by atoms with Crippen molar-refractivity contribution >= 4 is 0 Å². The van der Waals surface area contributed by atoms with E-state index in [1.54, 1.807) is 0 Å². The SMILES string of the molecule is CC.Cc1cccc(C#CC(C)(C)C)c1. The highest BCUT2D eigenvalue weighted by Crippen LogP contribution is 2.11. The lowest BCUT2D eigenvalue weighted by atomic mass is 9.97. The van der Waals surface area contributed by atoms with Gasteiger partial charge in [0.2, 0.25) is 0 Å². The maximum Gasteiger partial charge on any atom is 0.0248 e. The Morgan fingerprint density at radius 2 is 1.67 bits per heavy atom. The predicted octanol–water partition coefficient (Wildman–Crippen LogP) is 4.42. The molecular formula is C15H22. The molecule has 82 valence electrons. The van der Waals surface area contributed by atoms with Gasteiger partial charge in [-0.25, -0.2) is 0 Å². The van der Waals surface area contributed by atoms with E-state index in [4.69, 9.17) is 0 Å². The first-order chi connectivity index (χ1) is 6.97. The van der Waals surface area contributed by atoms with Gasteiger partial charge < -0.3 is 0 Å². The summed E-state index contributed by atoms with van der Waals surface area (Å²) in [5.41, 5.74) is 2.46. The minimum absolute atomic E-state index is 0.0870. The van der Waals surface area contributed by atoms with Gasteiger partial charge in [0.05, 0.1) is 0 Å². The quantitative estimate of drug-likeness (QED) is 0.546. The molecule has 0 nitrogen and oxygen atoms in total. The number of rotatable bonds is 0. The van der Waals surface area contributed by atoms with Gasteiger partial charge in [-0.1, -0.05) is 37.8 Å². The molecule has 0 spiro atoms. The average molecular weight is 202 g/mol. The van der Waals surface area contributed by atoms with E-state index in [-0.39, 0.29) is 5.41 Å². The first-order valence-electron chi connectivity index (χ1n) is 5.57. The normalized spacial score (nSPS) is 9.47. The second-order valence-electron chi connectivity index (χ2n) is 4.37. The molecule has 0 aliphatic heterocycles. The lowest BCUT2D eigenvalue weighted by molar-refractivity contribution is 0.571. The molecule has 1 aromatic carbocycles. The van der Waals surface area contributed by atoms with Crippen LogP contribution >= 0.6 is 0 Å². The van der Waals surface area contributed by atoms with E-state index in [9.17, 15) is 0 Å². The summed E-state index contributed by atoms with van der Waals surface area (Å²) in [5, 5.41) is 0. The molecule has 1 rings (SSSR count). The van der Waals surface area contributed by atoms with Crippen molar-refractivity contribution in [2.24, 2.45) is 5.41 Å². The molecule has 0 fully saturated rings. The van der Waals surface area contributed by atoms with Crippen LogP contribution in [0.2, 0.25) is 0 Å². The van der Waals surface area contributed by atoms with E-state index in [1.807, 2.05) is 26.0 Å². The topological polar surface area (TPSA) is 0 Å². The van der Waals surface area contributed by atoms with Crippen LogP contribution in [-0.2, 0) is 0 Å². The van der Waals surface area contributed by atoms with Crippen LogP contribution in [0.4, 0.5) is 0 Å². The molecule has 0 amide bonds. The van der Waals surface area contributed by atoms with Gasteiger partial charge in [-0.2, -0.15) is 0 Å². The summed E-state index contributed by atoms with van der Waals surface area (Å²) >= 11 is 0. The highest BCUT2D eigenvalue weighted by atomic mass is 14.1. The summed E-state index contributed by atoms with van der Waals surface area (Å²) in [4.78, 5) is 0. The van der Waals surface area contributed by atoms with Crippen LogP contribution in [0.25, 0.3) is 0 Å². The summed E-state index contributed by atoms with van der Waals surface area (Å²) in [6, 6.07) is 8.29. The molecule has 0 heterocycles. The minimum Gasteiger partial charge on any atom is -0.0920 e. The van der Waals surface area contributed by atoms with Crippen molar-refractivity contribution in [2.45, 2.75) is 41.5 Å². The fourth-order valence-electron chi connectivity index (χ4n) is 0.982. The van der Waals surface area contributed by atoms with Crippen LogP contribution in [-0.4, -0.2) is 0 Å². The fraction of sp³-hybridized carbons (Fsp3) is 0.467. The zero-order chi connectivity index (χ0) is 11.9. The van der Waals surface area contributed by atoms with Crippen LogP contribution < -0.4 is 0 Å². The van der Waals surface area contributed by atoms with Gasteiger partial charge in [0.25, 0.3) is 0 Å². The molecular weight excluding hydrogens is 180 g/mol. The predicted molar refractivity (Wildman–Crippen MR) is 68.9 cm³/mol. The summed E-state index contributed by atoms with van der Waals surface area (Å²) < 4.78 is 0. The van der Waals surface area contributed by atoms with Gasteiger partial charge in [-0.3, -0.25) is 0 Å². The fourth-order valence-corrected chi connectivity index (χ4v) is 0.982. The van der Waals surface area contributed by atoms with Gasteiger partial charge >= 0.3 is 0 Å². The van der Waals surface area contributed by atoms with Crippen molar-refractivity contribution < 1.29 is 0 Å². The van der Waals surface area contributed by atoms with Crippen molar-refractivity contribution in [3.63, 3.8) is 0 Å². The highest BCUT2D eigenvalue weighted by molar-refractivity contribution is 5.37. The number of hydrogen-bond donors (Lipinski definition) is 0. The number of hydrogen-bond acceptors (Lipinski definition) is 0. The molecule has 0 saturated carbocycles. The first kappa shape index (κ1) is 13.8. The molecule has 0 heteroatoms. The van der Waals surface area contributed by atoms with E-state index < -0.39 is 0 Å². The van der Waals surface area contributed by atoms with E-state index in [0.29, 0.717) is 0 Å². The van der Waals surface area contributed by atoms with Crippen molar-refractivity contribution in [1.82, 2.24) is 0 Å². The molecule has 0 saturated heterocycles. The largest absolute Gasteiger partial charge is 0.0920 e. The van der Waals surface area contributed by atoms with Gasteiger partial charge in [-0.15, -0.1) is 0 Å². The molecule has 0 aliphatic rings. The van der Waals surface area contributed by atoms with Crippen LogP contribution in [0.5, 0.6) is 0 Å². The summed E-state index contributed by atoms with van der Waals surface area (Å²) in [6.07, 6.45) is 0. The van der Waals surface area contributed by atoms with Gasteiger partial charge in [0, 0.05) is 11.0 Å². The molecule has 15 heavy (non-hydrogen) atoms. The lowest BCUT2D eigenvalue weighted by Gasteiger charge is -2.06. The third-order valence-corrected chi connectivity index (χ3v) is 1.60. The van der Waals surface area contributed by atoms with Gasteiger partial charge in [-0.05, 0) is 45.4 Å². The van der Waals surface area contributed by atoms with Gasteiger partial charge in [0.1, 0.15) is 0 Å². The Kier molecular flexibility index (Phi) is 5.79. The maximum atomic E-state index is 3.22. The third-order valence-electron chi connectivity index (χ3n) is 1.60. The monoisotopic (exact) mass is 202 g/mol. The molecule has 0 bridgehead atoms. The molecule has 1 aromatic rings. The molecule has 0 N–H and O–H groups in total. The smallest absolute Gasteiger partial charge is 0.0248 e. The number of benzene rings is 1. The standard InChI is InChI=1S/C13H16.C2H6/c1-11-6-5-7-12(10-11)8-9-13(2,3)4;1-2/h5-7,10H,1-4H3;1-2H3. The van der Waals surface area contributed by atoms with E-state index >= 15 is 0 Å². The minimum atomic E-state index is 0.0870. The molecule has 0 unspecified atom stereocenters. The second kappa shape index (κ2) is 6.30. The van der Waals surface area contributed by atoms with Crippen LogP contribution in [0, 0.1) is 24.2 Å². The van der Waals surface area contributed by atoms with Crippen molar-refractivity contribution in [3.05, 3.63) is 35.4 Å². The number of aryl methyl sites for hydroxylation is 1. The first-order valence-corrected chi connectivity index (χ1v) is 5.57. The highest BCUT2D eigenvalue weighted by Gasteiger charge is 2.02. The summed E-state index contributed by atoms with van der Waals surface area (Å²) in [5.74, 6) is 6.39.